The second-order valence-electron chi connectivity index (χ2n) is 4.98. The van der Waals surface area contributed by atoms with Crippen molar-refractivity contribution in [2.75, 3.05) is 6.54 Å². The summed E-state index contributed by atoms with van der Waals surface area (Å²) >= 11 is 0. The molecule has 96 valence electrons. The Kier molecular flexibility index (Phi) is 3.32. The molecule has 1 amide bonds. The van der Waals surface area contributed by atoms with Gasteiger partial charge in [-0.05, 0) is 29.5 Å². The van der Waals surface area contributed by atoms with Crippen molar-refractivity contribution in [2.45, 2.75) is 18.8 Å². The van der Waals surface area contributed by atoms with Gasteiger partial charge >= 0.3 is 0 Å². The van der Waals surface area contributed by atoms with Crippen molar-refractivity contribution in [1.82, 2.24) is 5.32 Å². The molecule has 0 aliphatic carbocycles. The third-order valence-electron chi connectivity index (χ3n) is 3.72. The Hall–Kier alpha value is -2.09. The van der Waals surface area contributed by atoms with Crippen LogP contribution in [0.1, 0.15) is 22.6 Å². The molecule has 1 aliphatic heterocycles. The number of nitrogens with one attached hydrogen (secondary N) is 1. The molecule has 2 aromatic rings. The van der Waals surface area contributed by atoms with Crippen LogP contribution in [0.2, 0.25) is 0 Å². The van der Waals surface area contributed by atoms with E-state index in [9.17, 15) is 4.79 Å². The van der Waals surface area contributed by atoms with Gasteiger partial charge in [0.25, 0.3) is 0 Å². The highest BCUT2D eigenvalue weighted by Crippen LogP contribution is 2.26. The van der Waals surface area contributed by atoms with Crippen molar-refractivity contribution in [2.24, 2.45) is 0 Å². The molecule has 0 aromatic heterocycles. The number of benzene rings is 2. The van der Waals surface area contributed by atoms with Gasteiger partial charge < -0.3 is 5.32 Å². The maximum atomic E-state index is 12.3. The largest absolute Gasteiger partial charge is 0.355 e. The number of hydrogen-bond donors (Lipinski definition) is 1. The lowest BCUT2D eigenvalue weighted by Gasteiger charge is -2.16. The van der Waals surface area contributed by atoms with E-state index in [0.717, 1.165) is 19.4 Å². The fourth-order valence-electron chi connectivity index (χ4n) is 2.74. The van der Waals surface area contributed by atoms with E-state index in [1.807, 2.05) is 30.3 Å². The van der Waals surface area contributed by atoms with Gasteiger partial charge in [0, 0.05) is 6.54 Å². The summed E-state index contributed by atoms with van der Waals surface area (Å²) in [5.74, 6) is 0.0786. The molecule has 1 atom stereocenters. The molecule has 2 heteroatoms. The van der Waals surface area contributed by atoms with Crippen LogP contribution < -0.4 is 5.32 Å². The fourth-order valence-corrected chi connectivity index (χ4v) is 2.74. The summed E-state index contributed by atoms with van der Waals surface area (Å²) in [6.45, 7) is 0.737. The Balaban J connectivity index is 1.96. The third-order valence-corrected chi connectivity index (χ3v) is 3.72. The van der Waals surface area contributed by atoms with Crippen molar-refractivity contribution < 1.29 is 4.79 Å². The van der Waals surface area contributed by atoms with Gasteiger partial charge in [0.05, 0.1) is 5.92 Å². The van der Waals surface area contributed by atoms with Crippen molar-refractivity contribution in [3.8, 4) is 0 Å². The van der Waals surface area contributed by atoms with Crippen molar-refractivity contribution >= 4 is 5.91 Å². The highest BCUT2D eigenvalue weighted by molar-refractivity contribution is 5.85. The Labute approximate surface area is 113 Å². The lowest BCUT2D eigenvalue weighted by atomic mass is 9.88. The first kappa shape index (κ1) is 12.0. The Morgan fingerprint density at radius 3 is 2.58 bits per heavy atom. The first-order valence-corrected chi connectivity index (χ1v) is 6.74. The molecule has 1 aliphatic rings. The normalized spacial score (nSPS) is 18.3. The summed E-state index contributed by atoms with van der Waals surface area (Å²) in [5, 5.41) is 3.02. The molecule has 1 heterocycles. The first-order chi connectivity index (χ1) is 9.34. The summed E-state index contributed by atoms with van der Waals surface area (Å²) in [5.41, 5.74) is 3.68. The molecule has 0 fully saturated rings. The first-order valence-electron chi connectivity index (χ1n) is 6.74. The van der Waals surface area contributed by atoms with Crippen LogP contribution in [0.3, 0.4) is 0 Å². The van der Waals surface area contributed by atoms with Crippen LogP contribution in [0.5, 0.6) is 0 Å². The average molecular weight is 251 g/mol. The molecule has 1 unspecified atom stereocenters. The molecule has 0 bridgehead atoms. The third kappa shape index (κ3) is 2.53. The van der Waals surface area contributed by atoms with E-state index in [4.69, 9.17) is 0 Å². The summed E-state index contributed by atoms with van der Waals surface area (Å²) in [6, 6.07) is 18.5. The highest BCUT2D eigenvalue weighted by Gasteiger charge is 2.25. The summed E-state index contributed by atoms with van der Waals surface area (Å²) in [7, 11) is 0. The van der Waals surface area contributed by atoms with Crippen LogP contribution in [-0.2, 0) is 17.6 Å². The molecule has 3 rings (SSSR count). The van der Waals surface area contributed by atoms with Gasteiger partial charge in [-0.15, -0.1) is 0 Å². The molecule has 0 saturated carbocycles. The minimum Gasteiger partial charge on any atom is -0.355 e. The summed E-state index contributed by atoms with van der Waals surface area (Å²) in [6.07, 6.45) is 1.69. The van der Waals surface area contributed by atoms with E-state index in [2.05, 4.69) is 29.6 Å². The lowest BCUT2D eigenvalue weighted by Crippen LogP contribution is -2.29. The number of hydrogen-bond acceptors (Lipinski definition) is 1. The average Bonchev–Trinajstić information content (AvgIpc) is 2.61. The van der Waals surface area contributed by atoms with Gasteiger partial charge in [0.15, 0.2) is 0 Å². The van der Waals surface area contributed by atoms with Crippen LogP contribution in [0.4, 0.5) is 0 Å². The predicted molar refractivity (Wildman–Crippen MR) is 76.0 cm³/mol. The van der Waals surface area contributed by atoms with Crippen molar-refractivity contribution in [3.63, 3.8) is 0 Å². The van der Waals surface area contributed by atoms with Crippen LogP contribution in [0.25, 0.3) is 0 Å². The van der Waals surface area contributed by atoms with Crippen molar-refractivity contribution in [3.05, 3.63) is 71.3 Å². The monoisotopic (exact) mass is 251 g/mol. The van der Waals surface area contributed by atoms with Crippen molar-refractivity contribution in [1.29, 1.82) is 0 Å². The second-order valence-corrected chi connectivity index (χ2v) is 4.98. The number of fused-ring (bicyclic) bond motifs is 1. The van der Waals surface area contributed by atoms with E-state index in [1.165, 1.54) is 16.7 Å². The topological polar surface area (TPSA) is 29.1 Å². The van der Waals surface area contributed by atoms with Crippen LogP contribution in [-0.4, -0.2) is 12.5 Å². The molecular weight excluding hydrogens is 234 g/mol. The Morgan fingerprint density at radius 2 is 1.74 bits per heavy atom. The van der Waals surface area contributed by atoms with E-state index in [0.29, 0.717) is 0 Å². The molecule has 2 aromatic carbocycles. The molecule has 0 saturated heterocycles. The zero-order chi connectivity index (χ0) is 13.1. The SMILES string of the molecule is O=C1NCCc2ccccc2C1Cc1ccccc1. The number of amides is 1. The quantitative estimate of drug-likeness (QED) is 0.873. The zero-order valence-electron chi connectivity index (χ0n) is 10.8. The zero-order valence-corrected chi connectivity index (χ0v) is 10.8. The smallest absolute Gasteiger partial charge is 0.227 e. The fraction of sp³-hybridized carbons (Fsp3) is 0.235. The van der Waals surface area contributed by atoms with Crippen LogP contribution in [0.15, 0.2) is 54.6 Å². The van der Waals surface area contributed by atoms with Gasteiger partial charge in [-0.3, -0.25) is 4.79 Å². The van der Waals surface area contributed by atoms with E-state index in [1.54, 1.807) is 0 Å². The van der Waals surface area contributed by atoms with Crippen LogP contribution in [0, 0.1) is 0 Å². The lowest BCUT2D eigenvalue weighted by molar-refractivity contribution is -0.122. The maximum absolute atomic E-state index is 12.3. The molecule has 0 spiro atoms. The highest BCUT2D eigenvalue weighted by atomic mass is 16.1. The van der Waals surface area contributed by atoms with E-state index >= 15 is 0 Å². The molecule has 0 radical (unpaired) electrons. The molecule has 2 nitrogen and oxygen atoms in total. The summed E-state index contributed by atoms with van der Waals surface area (Å²) < 4.78 is 0. The Bertz CT molecular complexity index is 577. The second kappa shape index (κ2) is 5.27. The molecule has 1 N–H and O–H groups in total. The van der Waals surface area contributed by atoms with E-state index < -0.39 is 0 Å². The van der Waals surface area contributed by atoms with Gasteiger partial charge in [-0.2, -0.15) is 0 Å². The Morgan fingerprint density at radius 1 is 1.00 bits per heavy atom. The van der Waals surface area contributed by atoms with Crippen LogP contribution >= 0.6 is 0 Å². The minimum absolute atomic E-state index is 0.0684. The molecular formula is C17H17NO. The van der Waals surface area contributed by atoms with Gasteiger partial charge in [0.1, 0.15) is 0 Å². The predicted octanol–water partition coefficient (Wildman–Crippen LogP) is 2.69. The van der Waals surface area contributed by atoms with E-state index in [-0.39, 0.29) is 11.8 Å². The van der Waals surface area contributed by atoms with Gasteiger partial charge in [-0.25, -0.2) is 0 Å². The number of rotatable bonds is 2. The van der Waals surface area contributed by atoms with Gasteiger partial charge in [0.2, 0.25) is 5.91 Å². The molecule has 19 heavy (non-hydrogen) atoms. The maximum Gasteiger partial charge on any atom is 0.227 e. The van der Waals surface area contributed by atoms with Gasteiger partial charge in [-0.1, -0.05) is 54.6 Å². The summed E-state index contributed by atoms with van der Waals surface area (Å²) in [4.78, 5) is 12.3. The minimum atomic E-state index is -0.0684. The standard InChI is InChI=1S/C17H17NO/c19-17-16(12-13-6-2-1-3-7-13)15-9-5-4-8-14(15)10-11-18-17/h1-9,16H,10-12H2,(H,18,19). The number of carbonyl (C=O) groups excluding carboxylic acids is 1. The number of carbonyl (C=O) groups is 1.